The molecule has 2 aromatic carbocycles. The summed E-state index contributed by atoms with van der Waals surface area (Å²) >= 11 is 0. The maximum absolute atomic E-state index is 11.6. The van der Waals surface area contributed by atoms with Gasteiger partial charge in [0, 0.05) is 19.0 Å². The van der Waals surface area contributed by atoms with Crippen LogP contribution in [0.15, 0.2) is 48.5 Å². The molecule has 2 rings (SSSR count). The van der Waals surface area contributed by atoms with E-state index in [1.807, 2.05) is 19.1 Å². The molecule has 3 nitrogen and oxygen atoms in total. The molecule has 21 heavy (non-hydrogen) atoms. The Labute approximate surface area is 126 Å². The van der Waals surface area contributed by atoms with E-state index in [1.165, 1.54) is 11.1 Å². The average molecular weight is 282 g/mol. The van der Waals surface area contributed by atoms with Crippen molar-refractivity contribution >= 4 is 5.91 Å². The molecule has 0 heterocycles. The molecule has 0 fully saturated rings. The monoisotopic (exact) mass is 282 g/mol. The fourth-order valence-corrected chi connectivity index (χ4v) is 2.17. The van der Waals surface area contributed by atoms with Gasteiger partial charge in [-0.2, -0.15) is 0 Å². The van der Waals surface area contributed by atoms with Gasteiger partial charge in [0.05, 0.1) is 0 Å². The zero-order chi connectivity index (χ0) is 15.2. The fourth-order valence-electron chi connectivity index (χ4n) is 2.17. The van der Waals surface area contributed by atoms with E-state index in [4.69, 9.17) is 5.73 Å². The lowest BCUT2D eigenvalue weighted by Gasteiger charge is -2.09. The lowest BCUT2D eigenvalue weighted by atomic mass is 10.0. The van der Waals surface area contributed by atoms with Crippen LogP contribution in [-0.2, 0) is 11.3 Å². The van der Waals surface area contributed by atoms with Gasteiger partial charge in [0.1, 0.15) is 0 Å². The van der Waals surface area contributed by atoms with Gasteiger partial charge in [0.2, 0.25) is 5.91 Å². The van der Waals surface area contributed by atoms with Crippen LogP contribution in [0.2, 0.25) is 0 Å². The SMILES string of the molecule is Cc1ccc(-c2cccc(CNC(=O)CC(C)N)c2)cc1. The van der Waals surface area contributed by atoms with Gasteiger partial charge in [-0.25, -0.2) is 0 Å². The number of carbonyl (C=O) groups is 1. The lowest BCUT2D eigenvalue weighted by molar-refractivity contribution is -0.121. The number of nitrogens with one attached hydrogen (secondary N) is 1. The third-order valence-corrected chi connectivity index (χ3v) is 3.31. The zero-order valence-electron chi connectivity index (χ0n) is 12.6. The number of carbonyl (C=O) groups excluding carboxylic acids is 1. The van der Waals surface area contributed by atoms with E-state index in [0.29, 0.717) is 13.0 Å². The number of benzene rings is 2. The summed E-state index contributed by atoms with van der Waals surface area (Å²) in [5, 5.41) is 2.90. The van der Waals surface area contributed by atoms with E-state index >= 15 is 0 Å². The largest absolute Gasteiger partial charge is 0.352 e. The van der Waals surface area contributed by atoms with Crippen molar-refractivity contribution in [1.82, 2.24) is 5.32 Å². The summed E-state index contributed by atoms with van der Waals surface area (Å²) in [5.41, 5.74) is 10.3. The molecule has 3 heteroatoms. The van der Waals surface area contributed by atoms with Crippen molar-refractivity contribution in [3.8, 4) is 11.1 Å². The molecule has 0 saturated heterocycles. The van der Waals surface area contributed by atoms with Gasteiger partial charge in [0.15, 0.2) is 0 Å². The third kappa shape index (κ3) is 4.72. The standard InChI is InChI=1S/C18H22N2O/c1-13-6-8-16(9-7-13)17-5-3-4-15(11-17)12-20-18(21)10-14(2)19/h3-9,11,14H,10,12,19H2,1-2H3,(H,20,21). The molecule has 0 bridgehead atoms. The van der Waals surface area contributed by atoms with Crippen molar-refractivity contribution in [2.75, 3.05) is 0 Å². The maximum Gasteiger partial charge on any atom is 0.221 e. The predicted octanol–water partition coefficient (Wildman–Crippen LogP) is 3.02. The van der Waals surface area contributed by atoms with Gasteiger partial charge >= 0.3 is 0 Å². The molecule has 0 aliphatic rings. The molecule has 0 saturated carbocycles. The van der Waals surface area contributed by atoms with E-state index in [1.54, 1.807) is 0 Å². The van der Waals surface area contributed by atoms with E-state index in [-0.39, 0.29) is 11.9 Å². The highest BCUT2D eigenvalue weighted by Gasteiger charge is 2.05. The normalized spacial score (nSPS) is 12.0. The second kappa shape index (κ2) is 7.04. The Morgan fingerprint density at radius 1 is 1.14 bits per heavy atom. The highest BCUT2D eigenvalue weighted by atomic mass is 16.1. The highest BCUT2D eigenvalue weighted by Crippen LogP contribution is 2.20. The van der Waals surface area contributed by atoms with Gasteiger partial charge in [-0.15, -0.1) is 0 Å². The summed E-state index contributed by atoms with van der Waals surface area (Å²) in [6.45, 7) is 4.44. The van der Waals surface area contributed by atoms with E-state index < -0.39 is 0 Å². The van der Waals surface area contributed by atoms with Crippen LogP contribution in [0.4, 0.5) is 0 Å². The van der Waals surface area contributed by atoms with E-state index in [9.17, 15) is 4.79 Å². The number of rotatable bonds is 5. The van der Waals surface area contributed by atoms with Crippen LogP contribution in [0.25, 0.3) is 11.1 Å². The first-order valence-corrected chi connectivity index (χ1v) is 7.23. The molecular formula is C18H22N2O. The highest BCUT2D eigenvalue weighted by molar-refractivity contribution is 5.76. The first kappa shape index (κ1) is 15.3. The summed E-state index contributed by atoms with van der Waals surface area (Å²) in [6, 6.07) is 16.6. The van der Waals surface area contributed by atoms with Crippen LogP contribution >= 0.6 is 0 Å². The summed E-state index contributed by atoms with van der Waals surface area (Å²) < 4.78 is 0. The van der Waals surface area contributed by atoms with Crippen molar-refractivity contribution in [3.63, 3.8) is 0 Å². The van der Waals surface area contributed by atoms with Gasteiger partial charge in [-0.1, -0.05) is 48.0 Å². The van der Waals surface area contributed by atoms with Crippen LogP contribution in [0.1, 0.15) is 24.5 Å². The van der Waals surface area contributed by atoms with Gasteiger partial charge < -0.3 is 11.1 Å². The van der Waals surface area contributed by atoms with Crippen LogP contribution in [0.3, 0.4) is 0 Å². The van der Waals surface area contributed by atoms with E-state index in [2.05, 4.69) is 48.6 Å². The number of aryl methyl sites for hydroxylation is 1. The van der Waals surface area contributed by atoms with Crippen LogP contribution in [0.5, 0.6) is 0 Å². The first-order chi connectivity index (χ1) is 10.0. The van der Waals surface area contributed by atoms with Crippen molar-refractivity contribution in [2.24, 2.45) is 5.73 Å². The number of nitrogens with two attached hydrogens (primary N) is 1. The summed E-state index contributed by atoms with van der Waals surface area (Å²) in [7, 11) is 0. The molecule has 0 aliphatic carbocycles. The Balaban J connectivity index is 2.04. The van der Waals surface area contributed by atoms with Crippen molar-refractivity contribution in [2.45, 2.75) is 32.9 Å². The minimum atomic E-state index is -0.108. The quantitative estimate of drug-likeness (QED) is 0.885. The minimum Gasteiger partial charge on any atom is -0.352 e. The number of hydrogen-bond donors (Lipinski definition) is 2. The first-order valence-electron chi connectivity index (χ1n) is 7.23. The molecule has 0 aliphatic heterocycles. The smallest absolute Gasteiger partial charge is 0.221 e. The second-order valence-corrected chi connectivity index (χ2v) is 5.52. The third-order valence-electron chi connectivity index (χ3n) is 3.31. The van der Waals surface area contributed by atoms with Crippen LogP contribution < -0.4 is 11.1 Å². The topological polar surface area (TPSA) is 55.1 Å². The maximum atomic E-state index is 11.6. The molecule has 110 valence electrons. The Morgan fingerprint density at radius 3 is 2.52 bits per heavy atom. The Morgan fingerprint density at radius 2 is 1.86 bits per heavy atom. The van der Waals surface area contributed by atoms with Crippen molar-refractivity contribution in [1.29, 1.82) is 0 Å². The molecule has 1 amide bonds. The number of hydrogen-bond acceptors (Lipinski definition) is 2. The summed E-state index contributed by atoms with van der Waals surface area (Å²) in [4.78, 5) is 11.6. The van der Waals surface area contributed by atoms with Crippen LogP contribution in [0, 0.1) is 6.92 Å². The van der Waals surface area contributed by atoms with Gasteiger partial charge in [0.25, 0.3) is 0 Å². The molecular weight excluding hydrogens is 260 g/mol. The molecule has 1 atom stereocenters. The minimum absolute atomic E-state index is 0.00858. The lowest BCUT2D eigenvalue weighted by Crippen LogP contribution is -2.29. The molecule has 0 aromatic heterocycles. The Bertz CT molecular complexity index is 603. The van der Waals surface area contributed by atoms with E-state index in [0.717, 1.165) is 11.1 Å². The zero-order valence-corrected chi connectivity index (χ0v) is 12.6. The fraction of sp³-hybridized carbons (Fsp3) is 0.278. The second-order valence-electron chi connectivity index (χ2n) is 5.52. The molecule has 2 aromatic rings. The molecule has 3 N–H and O–H groups in total. The average Bonchev–Trinajstić information content (AvgIpc) is 2.45. The van der Waals surface area contributed by atoms with Crippen molar-refractivity contribution < 1.29 is 4.79 Å². The van der Waals surface area contributed by atoms with Crippen molar-refractivity contribution in [3.05, 3.63) is 59.7 Å². The molecule has 1 unspecified atom stereocenters. The van der Waals surface area contributed by atoms with Gasteiger partial charge in [-0.05, 0) is 36.6 Å². The predicted molar refractivity (Wildman–Crippen MR) is 86.7 cm³/mol. The molecule has 0 radical (unpaired) electrons. The van der Waals surface area contributed by atoms with Crippen LogP contribution in [-0.4, -0.2) is 11.9 Å². The molecule has 0 spiro atoms. The Hall–Kier alpha value is -2.13. The summed E-state index contributed by atoms with van der Waals surface area (Å²) in [6.07, 6.45) is 0.359. The summed E-state index contributed by atoms with van der Waals surface area (Å²) in [5.74, 6) is -0.00858. The number of amides is 1. The Kier molecular flexibility index (Phi) is 5.12. The van der Waals surface area contributed by atoms with Gasteiger partial charge in [-0.3, -0.25) is 4.79 Å².